The first-order valence-electron chi connectivity index (χ1n) is 7.04. The lowest BCUT2D eigenvalue weighted by molar-refractivity contribution is -0.149. The van der Waals surface area contributed by atoms with E-state index < -0.39 is 23.5 Å². The Morgan fingerprint density at radius 1 is 1.36 bits per heavy atom. The minimum Gasteiger partial charge on any atom is -0.466 e. The number of amides is 1. The maximum absolute atomic E-state index is 13.3. The van der Waals surface area contributed by atoms with Gasteiger partial charge in [0.25, 0.3) is 5.91 Å². The number of carbonyl (C=O) groups excluding carboxylic acids is 2. The van der Waals surface area contributed by atoms with E-state index in [1.807, 2.05) is 0 Å². The molecule has 1 heterocycles. The third-order valence-electron chi connectivity index (χ3n) is 3.57. The zero-order valence-corrected chi connectivity index (χ0v) is 12.8. The molecule has 1 atom stereocenters. The molecule has 0 radical (unpaired) electrons. The van der Waals surface area contributed by atoms with Crippen LogP contribution in [0.5, 0.6) is 0 Å². The third kappa shape index (κ3) is 3.55. The highest BCUT2D eigenvalue weighted by Gasteiger charge is 2.30. The molecule has 1 aliphatic rings. The Morgan fingerprint density at radius 2 is 2.05 bits per heavy atom. The molecule has 0 aromatic heterocycles. The maximum Gasteiger partial charge on any atom is 0.310 e. The van der Waals surface area contributed by atoms with Crippen molar-refractivity contribution in [2.45, 2.75) is 19.8 Å². The van der Waals surface area contributed by atoms with Crippen molar-refractivity contribution in [3.63, 3.8) is 0 Å². The van der Waals surface area contributed by atoms with E-state index >= 15 is 0 Å². The van der Waals surface area contributed by atoms with Gasteiger partial charge in [0.2, 0.25) is 0 Å². The summed E-state index contributed by atoms with van der Waals surface area (Å²) in [4.78, 5) is 25.6. The average molecular weight is 332 g/mol. The number of hydrogen-bond donors (Lipinski definition) is 0. The van der Waals surface area contributed by atoms with Crippen LogP contribution >= 0.6 is 11.6 Å². The van der Waals surface area contributed by atoms with E-state index in [1.54, 1.807) is 6.92 Å². The number of ether oxygens (including phenoxy) is 1. The van der Waals surface area contributed by atoms with Crippen LogP contribution in [0.25, 0.3) is 0 Å². The van der Waals surface area contributed by atoms with Crippen LogP contribution in [0.1, 0.15) is 30.1 Å². The monoisotopic (exact) mass is 331 g/mol. The molecule has 0 N–H and O–H groups in total. The fourth-order valence-electron chi connectivity index (χ4n) is 2.47. The van der Waals surface area contributed by atoms with E-state index in [0.29, 0.717) is 19.4 Å². The van der Waals surface area contributed by atoms with Gasteiger partial charge in [0.05, 0.1) is 23.1 Å². The minimum atomic E-state index is -1.13. The van der Waals surface area contributed by atoms with Crippen molar-refractivity contribution in [1.29, 1.82) is 0 Å². The molecule has 7 heteroatoms. The fourth-order valence-corrected chi connectivity index (χ4v) is 2.70. The Bertz CT molecular complexity index is 594. The van der Waals surface area contributed by atoms with Gasteiger partial charge in [-0.1, -0.05) is 11.6 Å². The zero-order chi connectivity index (χ0) is 16.3. The van der Waals surface area contributed by atoms with Crippen LogP contribution in [0.3, 0.4) is 0 Å². The van der Waals surface area contributed by atoms with Crippen LogP contribution in [-0.2, 0) is 9.53 Å². The molecular weight excluding hydrogens is 316 g/mol. The van der Waals surface area contributed by atoms with Crippen molar-refractivity contribution in [2.24, 2.45) is 5.92 Å². The predicted molar refractivity (Wildman–Crippen MR) is 76.6 cm³/mol. The quantitative estimate of drug-likeness (QED) is 0.632. The number of hydrogen-bond acceptors (Lipinski definition) is 3. The van der Waals surface area contributed by atoms with E-state index in [9.17, 15) is 18.4 Å². The smallest absolute Gasteiger partial charge is 0.310 e. The summed E-state index contributed by atoms with van der Waals surface area (Å²) in [5.41, 5.74) is -0.106. The van der Waals surface area contributed by atoms with Crippen LogP contribution < -0.4 is 0 Å². The molecule has 1 saturated heterocycles. The molecule has 1 aromatic rings. The Labute approximate surface area is 132 Å². The topological polar surface area (TPSA) is 46.6 Å². The van der Waals surface area contributed by atoms with Crippen LogP contribution in [0.4, 0.5) is 8.78 Å². The molecule has 120 valence electrons. The third-order valence-corrected chi connectivity index (χ3v) is 3.88. The van der Waals surface area contributed by atoms with Crippen molar-refractivity contribution < 1.29 is 23.1 Å². The standard InChI is InChI=1S/C15H16ClF2NO3/c1-2-22-15(21)9-4-3-5-19(8-9)14(20)10-6-12(17)13(18)7-11(10)16/h6-7,9H,2-5,8H2,1H3. The summed E-state index contributed by atoms with van der Waals surface area (Å²) in [7, 11) is 0. The van der Waals surface area contributed by atoms with Crippen LogP contribution in [0, 0.1) is 17.6 Å². The predicted octanol–water partition coefficient (Wildman–Crippen LogP) is 3.03. The second-order valence-corrected chi connectivity index (χ2v) is 5.50. The van der Waals surface area contributed by atoms with Crippen molar-refractivity contribution in [2.75, 3.05) is 19.7 Å². The van der Waals surface area contributed by atoms with Gasteiger partial charge in [-0.15, -0.1) is 0 Å². The molecule has 0 bridgehead atoms. The number of carbonyl (C=O) groups is 2. The van der Waals surface area contributed by atoms with Crippen molar-refractivity contribution in [3.8, 4) is 0 Å². The zero-order valence-electron chi connectivity index (χ0n) is 12.1. The van der Waals surface area contributed by atoms with Crippen LogP contribution in [-0.4, -0.2) is 36.5 Å². The van der Waals surface area contributed by atoms with Crippen molar-refractivity contribution in [3.05, 3.63) is 34.4 Å². The number of halogens is 3. The number of esters is 1. The van der Waals surface area contributed by atoms with Gasteiger partial charge in [0, 0.05) is 13.1 Å². The molecule has 1 unspecified atom stereocenters. The average Bonchev–Trinajstić information content (AvgIpc) is 2.50. The number of likely N-dealkylation sites (tertiary alicyclic amines) is 1. The SMILES string of the molecule is CCOC(=O)C1CCCN(C(=O)c2cc(F)c(F)cc2Cl)C1. The van der Waals surface area contributed by atoms with Crippen LogP contribution in [0.15, 0.2) is 12.1 Å². The highest BCUT2D eigenvalue weighted by atomic mass is 35.5. The number of rotatable bonds is 3. The van der Waals surface area contributed by atoms with Gasteiger partial charge in [-0.05, 0) is 31.9 Å². The molecule has 0 spiro atoms. The largest absolute Gasteiger partial charge is 0.466 e. The Kier molecular flexibility index (Phi) is 5.34. The Morgan fingerprint density at radius 3 is 2.73 bits per heavy atom. The lowest BCUT2D eigenvalue weighted by Crippen LogP contribution is -2.43. The van der Waals surface area contributed by atoms with Gasteiger partial charge in [-0.25, -0.2) is 8.78 Å². The molecule has 1 aliphatic heterocycles. The molecule has 4 nitrogen and oxygen atoms in total. The summed E-state index contributed by atoms with van der Waals surface area (Å²) in [6.07, 6.45) is 1.27. The van der Waals surface area contributed by atoms with E-state index in [1.165, 1.54) is 4.90 Å². The van der Waals surface area contributed by atoms with E-state index in [2.05, 4.69) is 0 Å². The summed E-state index contributed by atoms with van der Waals surface area (Å²) in [6.45, 7) is 2.61. The van der Waals surface area contributed by atoms with Gasteiger partial charge >= 0.3 is 5.97 Å². The summed E-state index contributed by atoms with van der Waals surface area (Å²) >= 11 is 5.82. The summed E-state index contributed by atoms with van der Waals surface area (Å²) < 4.78 is 31.3. The summed E-state index contributed by atoms with van der Waals surface area (Å²) in [5, 5.41) is -0.151. The van der Waals surface area contributed by atoms with Gasteiger partial charge in [0.15, 0.2) is 11.6 Å². The molecule has 0 saturated carbocycles. The highest BCUT2D eigenvalue weighted by molar-refractivity contribution is 6.33. The Balaban J connectivity index is 2.15. The molecular formula is C15H16ClF2NO3. The van der Waals surface area contributed by atoms with Gasteiger partial charge in [-0.3, -0.25) is 9.59 Å². The lowest BCUT2D eigenvalue weighted by atomic mass is 9.97. The van der Waals surface area contributed by atoms with Gasteiger partial charge in [-0.2, -0.15) is 0 Å². The number of piperidine rings is 1. The van der Waals surface area contributed by atoms with Gasteiger partial charge in [0.1, 0.15) is 0 Å². The lowest BCUT2D eigenvalue weighted by Gasteiger charge is -2.31. The summed E-state index contributed by atoms with van der Waals surface area (Å²) in [6, 6.07) is 1.56. The first kappa shape index (κ1) is 16.7. The van der Waals surface area contributed by atoms with E-state index in [0.717, 1.165) is 12.1 Å². The molecule has 1 amide bonds. The summed E-state index contributed by atoms with van der Waals surface area (Å²) in [5.74, 6) is -3.51. The second kappa shape index (κ2) is 7.05. The Hall–Kier alpha value is -1.69. The first-order valence-corrected chi connectivity index (χ1v) is 7.42. The van der Waals surface area contributed by atoms with E-state index in [-0.39, 0.29) is 29.7 Å². The number of benzene rings is 1. The number of nitrogens with zero attached hydrogens (tertiary/aromatic N) is 1. The fraction of sp³-hybridized carbons (Fsp3) is 0.467. The van der Waals surface area contributed by atoms with E-state index in [4.69, 9.17) is 16.3 Å². The first-order chi connectivity index (χ1) is 10.4. The normalized spacial score (nSPS) is 18.2. The minimum absolute atomic E-state index is 0.106. The molecule has 1 aromatic carbocycles. The molecule has 22 heavy (non-hydrogen) atoms. The van der Waals surface area contributed by atoms with Crippen LogP contribution in [0.2, 0.25) is 5.02 Å². The maximum atomic E-state index is 13.3. The molecule has 0 aliphatic carbocycles. The van der Waals surface area contributed by atoms with Crippen molar-refractivity contribution >= 4 is 23.5 Å². The molecule has 2 rings (SSSR count). The van der Waals surface area contributed by atoms with Crippen molar-refractivity contribution in [1.82, 2.24) is 4.90 Å². The molecule has 1 fully saturated rings. The highest BCUT2D eigenvalue weighted by Crippen LogP contribution is 2.25. The second-order valence-electron chi connectivity index (χ2n) is 5.09. The van der Waals surface area contributed by atoms with Gasteiger partial charge < -0.3 is 9.64 Å².